The summed E-state index contributed by atoms with van der Waals surface area (Å²) in [7, 11) is 1.67. The van der Waals surface area contributed by atoms with Gasteiger partial charge in [0.15, 0.2) is 0 Å². The fraction of sp³-hybridized carbons (Fsp3) is 0.333. The van der Waals surface area contributed by atoms with Crippen molar-refractivity contribution < 1.29 is 24.8 Å². The van der Waals surface area contributed by atoms with Crippen LogP contribution in [-0.2, 0) is 30.8 Å². The summed E-state index contributed by atoms with van der Waals surface area (Å²) < 4.78 is 11.1. The maximum Gasteiger partial charge on any atom is 0.121 e. The zero-order chi connectivity index (χ0) is 23.5. The number of hydrogen-bond donors (Lipinski definition) is 4. The SMILES string of the molecule is COc1cccc(CCOCc2cccc(CCNCC(O)c3ccc(O)c(CO)c3)c2)c1. The van der Waals surface area contributed by atoms with Crippen LogP contribution in [0.15, 0.2) is 66.7 Å². The van der Waals surface area contributed by atoms with Gasteiger partial charge in [-0.2, -0.15) is 0 Å². The molecule has 1 unspecified atom stereocenters. The third-order valence-electron chi connectivity index (χ3n) is 5.52. The number of benzene rings is 3. The number of methoxy groups -OCH3 is 1. The predicted molar refractivity (Wildman–Crippen MR) is 128 cm³/mol. The molecule has 3 aromatic carbocycles. The molecule has 0 saturated heterocycles. The molecule has 0 aromatic heterocycles. The molecule has 0 amide bonds. The Morgan fingerprint density at radius 3 is 2.45 bits per heavy atom. The van der Waals surface area contributed by atoms with E-state index in [2.05, 4.69) is 29.6 Å². The molecule has 3 rings (SSSR count). The van der Waals surface area contributed by atoms with Crippen LogP contribution in [0.1, 0.15) is 33.9 Å². The Kier molecular flexibility index (Phi) is 9.72. The van der Waals surface area contributed by atoms with Crippen LogP contribution in [0.25, 0.3) is 0 Å². The Bertz CT molecular complexity index is 1010. The van der Waals surface area contributed by atoms with Gasteiger partial charge >= 0.3 is 0 Å². The lowest BCUT2D eigenvalue weighted by atomic mass is 10.0. The normalized spacial score (nSPS) is 12.0. The van der Waals surface area contributed by atoms with E-state index in [0.717, 1.165) is 30.7 Å². The third-order valence-corrected chi connectivity index (χ3v) is 5.52. The van der Waals surface area contributed by atoms with Crippen molar-refractivity contribution in [3.8, 4) is 11.5 Å². The van der Waals surface area contributed by atoms with Crippen LogP contribution in [0.4, 0.5) is 0 Å². The number of hydrogen-bond acceptors (Lipinski definition) is 6. The van der Waals surface area contributed by atoms with Crippen molar-refractivity contribution in [1.29, 1.82) is 0 Å². The molecule has 4 N–H and O–H groups in total. The van der Waals surface area contributed by atoms with Crippen LogP contribution in [0.2, 0.25) is 0 Å². The minimum absolute atomic E-state index is 0.0329. The largest absolute Gasteiger partial charge is 0.508 e. The summed E-state index contributed by atoms with van der Waals surface area (Å²) in [4.78, 5) is 0. The Morgan fingerprint density at radius 2 is 1.67 bits per heavy atom. The van der Waals surface area contributed by atoms with Gasteiger partial charge < -0.3 is 30.1 Å². The summed E-state index contributed by atoms with van der Waals surface area (Å²) in [5.41, 5.74) is 4.61. The molecule has 0 aliphatic rings. The van der Waals surface area contributed by atoms with Crippen molar-refractivity contribution in [1.82, 2.24) is 5.32 Å². The van der Waals surface area contributed by atoms with Crippen LogP contribution < -0.4 is 10.1 Å². The standard InChI is InChI=1S/C27H33NO5/c1-32-25-7-3-5-21(15-25)11-13-33-19-22-6-2-4-20(14-22)10-12-28-17-27(31)23-8-9-26(30)24(16-23)18-29/h2-9,14-16,27-31H,10-13,17-19H2,1H3. The van der Waals surface area contributed by atoms with Gasteiger partial charge in [-0.3, -0.25) is 0 Å². The van der Waals surface area contributed by atoms with Crippen molar-refractivity contribution in [2.24, 2.45) is 0 Å². The lowest BCUT2D eigenvalue weighted by Crippen LogP contribution is -2.23. The summed E-state index contributed by atoms with van der Waals surface area (Å²) in [6.07, 6.45) is 0.964. The molecule has 0 saturated carbocycles. The quantitative estimate of drug-likeness (QED) is 0.297. The number of aliphatic hydroxyl groups is 2. The fourth-order valence-electron chi connectivity index (χ4n) is 3.61. The van der Waals surface area contributed by atoms with Crippen LogP contribution in [0.5, 0.6) is 11.5 Å². The van der Waals surface area contributed by atoms with Gasteiger partial charge in [-0.1, -0.05) is 42.5 Å². The van der Waals surface area contributed by atoms with Crippen molar-refractivity contribution in [3.63, 3.8) is 0 Å². The van der Waals surface area contributed by atoms with Crippen molar-refractivity contribution in [3.05, 3.63) is 94.5 Å². The van der Waals surface area contributed by atoms with Crippen molar-refractivity contribution in [2.45, 2.75) is 32.2 Å². The highest BCUT2D eigenvalue weighted by Gasteiger charge is 2.10. The Labute approximate surface area is 195 Å². The molecular weight excluding hydrogens is 418 g/mol. The van der Waals surface area contributed by atoms with Gasteiger partial charge in [0.05, 0.1) is 33.0 Å². The van der Waals surface area contributed by atoms with Crippen LogP contribution in [0, 0.1) is 0 Å². The monoisotopic (exact) mass is 451 g/mol. The van der Waals surface area contributed by atoms with E-state index in [1.54, 1.807) is 19.2 Å². The Balaban J connectivity index is 1.38. The summed E-state index contributed by atoms with van der Waals surface area (Å²) >= 11 is 0. The maximum atomic E-state index is 10.4. The molecule has 6 nitrogen and oxygen atoms in total. The molecule has 0 heterocycles. The minimum Gasteiger partial charge on any atom is -0.508 e. The van der Waals surface area contributed by atoms with Crippen LogP contribution in [-0.4, -0.2) is 42.1 Å². The molecule has 1 atom stereocenters. The molecule has 0 bridgehead atoms. The van der Waals surface area contributed by atoms with Gasteiger partial charge in [0.25, 0.3) is 0 Å². The Morgan fingerprint density at radius 1 is 0.909 bits per heavy atom. The highest BCUT2D eigenvalue weighted by atomic mass is 16.5. The van der Waals surface area contributed by atoms with E-state index in [9.17, 15) is 15.3 Å². The maximum absolute atomic E-state index is 10.4. The summed E-state index contributed by atoms with van der Waals surface area (Å²) in [5, 5.41) is 32.5. The molecule has 0 aliphatic heterocycles. The highest BCUT2D eigenvalue weighted by Crippen LogP contribution is 2.22. The van der Waals surface area contributed by atoms with Gasteiger partial charge in [-0.25, -0.2) is 0 Å². The zero-order valence-corrected chi connectivity index (χ0v) is 19.0. The second kappa shape index (κ2) is 13.0. The zero-order valence-electron chi connectivity index (χ0n) is 19.0. The first-order valence-corrected chi connectivity index (χ1v) is 11.2. The highest BCUT2D eigenvalue weighted by molar-refractivity contribution is 5.36. The molecular formula is C27H33NO5. The molecule has 0 aliphatic carbocycles. The first-order valence-electron chi connectivity index (χ1n) is 11.2. The molecule has 3 aromatic rings. The summed E-state index contributed by atoms with van der Waals surface area (Å²) in [5.74, 6) is 0.893. The molecule has 0 fully saturated rings. The van der Waals surface area contributed by atoms with E-state index in [1.807, 2.05) is 24.3 Å². The van der Waals surface area contributed by atoms with E-state index in [-0.39, 0.29) is 12.4 Å². The van der Waals surface area contributed by atoms with Gasteiger partial charge in [0, 0.05) is 12.1 Å². The average molecular weight is 452 g/mol. The number of nitrogens with one attached hydrogen (secondary N) is 1. The number of ether oxygens (including phenoxy) is 2. The second-order valence-corrected chi connectivity index (χ2v) is 7.99. The topological polar surface area (TPSA) is 91.2 Å². The molecule has 0 radical (unpaired) electrons. The summed E-state index contributed by atoms with van der Waals surface area (Å²) in [6, 6.07) is 21.2. The summed E-state index contributed by atoms with van der Waals surface area (Å²) in [6.45, 7) is 2.07. The number of phenols is 1. The van der Waals surface area contributed by atoms with E-state index in [4.69, 9.17) is 9.47 Å². The van der Waals surface area contributed by atoms with Crippen molar-refractivity contribution >= 4 is 0 Å². The number of aromatic hydroxyl groups is 1. The molecule has 33 heavy (non-hydrogen) atoms. The van der Waals surface area contributed by atoms with E-state index < -0.39 is 6.10 Å². The lowest BCUT2D eigenvalue weighted by molar-refractivity contribution is 0.124. The lowest BCUT2D eigenvalue weighted by Gasteiger charge is -2.14. The number of rotatable bonds is 13. The molecule has 176 valence electrons. The average Bonchev–Trinajstić information content (AvgIpc) is 2.85. The van der Waals surface area contributed by atoms with Crippen molar-refractivity contribution in [2.75, 3.05) is 26.8 Å². The van der Waals surface area contributed by atoms with E-state index in [1.165, 1.54) is 17.2 Å². The smallest absolute Gasteiger partial charge is 0.121 e. The van der Waals surface area contributed by atoms with Crippen LogP contribution in [0.3, 0.4) is 0 Å². The number of aliphatic hydroxyl groups excluding tert-OH is 2. The van der Waals surface area contributed by atoms with Gasteiger partial charge in [0.1, 0.15) is 11.5 Å². The first kappa shape index (κ1) is 24.7. The molecule has 0 spiro atoms. The second-order valence-electron chi connectivity index (χ2n) is 7.99. The molecule has 6 heteroatoms. The fourth-order valence-corrected chi connectivity index (χ4v) is 3.61. The van der Waals surface area contributed by atoms with Gasteiger partial charge in [-0.15, -0.1) is 0 Å². The van der Waals surface area contributed by atoms with Crippen LogP contribution >= 0.6 is 0 Å². The van der Waals surface area contributed by atoms with Gasteiger partial charge in [-0.05, 0) is 65.9 Å². The first-order chi connectivity index (χ1) is 16.1. The Hall–Kier alpha value is -2.90. The van der Waals surface area contributed by atoms with E-state index >= 15 is 0 Å². The van der Waals surface area contributed by atoms with E-state index in [0.29, 0.717) is 30.9 Å². The minimum atomic E-state index is -0.708. The third kappa shape index (κ3) is 7.87. The predicted octanol–water partition coefficient (Wildman–Crippen LogP) is 3.52. The van der Waals surface area contributed by atoms with Gasteiger partial charge in [0.2, 0.25) is 0 Å².